The van der Waals surface area contributed by atoms with Gasteiger partial charge in [0.2, 0.25) is 0 Å². The molecule has 0 spiro atoms. The van der Waals surface area contributed by atoms with Crippen LogP contribution in [0.1, 0.15) is 54.2 Å². The summed E-state index contributed by atoms with van der Waals surface area (Å²) in [7, 11) is 1.96. The van der Waals surface area contributed by atoms with Crippen molar-refractivity contribution in [2.75, 3.05) is 6.54 Å². The maximum atomic E-state index is 13.1. The normalized spacial score (nSPS) is 12.1. The number of rotatable bonds is 11. The molecular weight excluding hydrogens is 459 g/mol. The highest BCUT2D eigenvalue weighted by molar-refractivity contribution is 6.31. The molecule has 7 heteroatoms. The monoisotopic (exact) mass is 488 g/mol. The molecule has 3 aromatic rings. The van der Waals surface area contributed by atoms with E-state index in [0.29, 0.717) is 10.6 Å². The van der Waals surface area contributed by atoms with E-state index in [4.69, 9.17) is 28.3 Å². The molecule has 0 aliphatic heterocycles. The second-order valence-electron chi connectivity index (χ2n) is 8.54. The highest BCUT2D eigenvalue weighted by Crippen LogP contribution is 2.29. The first-order valence-corrected chi connectivity index (χ1v) is 12.1. The third kappa shape index (κ3) is 6.52. The number of hydrogen-bond acceptors (Lipinski definition) is 2. The van der Waals surface area contributed by atoms with Crippen LogP contribution in [0.4, 0.5) is 0 Å². The van der Waals surface area contributed by atoms with Gasteiger partial charge in [-0.15, -0.1) is 0 Å². The number of benzene rings is 2. The number of nitrogens with one attached hydrogen (secondary N) is 1. The van der Waals surface area contributed by atoms with Crippen LogP contribution < -0.4 is 5.32 Å². The largest absolute Gasteiger partial charge is 0.481 e. The molecule has 1 heterocycles. The van der Waals surface area contributed by atoms with Crippen LogP contribution >= 0.6 is 23.2 Å². The predicted molar refractivity (Wildman–Crippen MR) is 134 cm³/mol. The summed E-state index contributed by atoms with van der Waals surface area (Å²) < 4.78 is 2.05. The molecular formula is C26H30Cl2N2O3. The summed E-state index contributed by atoms with van der Waals surface area (Å²) in [6.07, 6.45) is 5.96. The lowest BCUT2D eigenvalue weighted by molar-refractivity contribution is -0.140. The maximum absolute atomic E-state index is 13.1. The number of amides is 1. The summed E-state index contributed by atoms with van der Waals surface area (Å²) in [5, 5.41) is 14.0. The van der Waals surface area contributed by atoms with E-state index >= 15 is 0 Å². The first-order valence-electron chi connectivity index (χ1n) is 11.3. The topological polar surface area (TPSA) is 71.3 Å². The number of aromatic nitrogens is 1. The van der Waals surface area contributed by atoms with Gasteiger partial charge in [0, 0.05) is 40.2 Å². The van der Waals surface area contributed by atoms with Crippen LogP contribution in [0.3, 0.4) is 0 Å². The van der Waals surface area contributed by atoms with Crippen molar-refractivity contribution < 1.29 is 14.7 Å². The zero-order valence-corrected chi connectivity index (χ0v) is 20.5. The first kappa shape index (κ1) is 25.1. The lowest BCUT2D eigenvalue weighted by Gasteiger charge is -2.11. The molecule has 0 aliphatic rings. The summed E-state index contributed by atoms with van der Waals surface area (Å²) in [6.45, 7) is 1.65. The van der Waals surface area contributed by atoms with Crippen molar-refractivity contribution in [2.45, 2.75) is 45.4 Å². The fourth-order valence-electron chi connectivity index (χ4n) is 4.10. The van der Waals surface area contributed by atoms with Crippen LogP contribution in [-0.2, 0) is 24.7 Å². The summed E-state index contributed by atoms with van der Waals surface area (Å²) in [5.41, 5.74) is 3.73. The maximum Gasteiger partial charge on any atom is 0.308 e. The number of carboxylic acids is 1. The fourth-order valence-corrected chi connectivity index (χ4v) is 4.49. The van der Waals surface area contributed by atoms with Gasteiger partial charge in [0.05, 0.1) is 11.5 Å². The molecule has 2 N–H and O–H groups in total. The van der Waals surface area contributed by atoms with Crippen molar-refractivity contribution in [3.63, 3.8) is 0 Å². The number of carbonyl (C=O) groups is 2. The summed E-state index contributed by atoms with van der Waals surface area (Å²) in [4.78, 5) is 24.2. The fraction of sp³-hybridized carbons (Fsp3) is 0.385. The summed E-state index contributed by atoms with van der Waals surface area (Å²) in [5.74, 6) is -1.85. The molecule has 3 rings (SSSR count). The van der Waals surface area contributed by atoms with Crippen LogP contribution in [0.5, 0.6) is 0 Å². The number of nitrogens with zero attached hydrogens (tertiary/aromatic N) is 1. The Bertz CT molecular complexity index is 1140. The Kier molecular flexibility index (Phi) is 8.81. The van der Waals surface area contributed by atoms with Gasteiger partial charge in [-0.05, 0) is 61.6 Å². The van der Waals surface area contributed by atoms with Gasteiger partial charge in [0.25, 0.3) is 5.91 Å². The van der Waals surface area contributed by atoms with E-state index in [9.17, 15) is 9.59 Å². The van der Waals surface area contributed by atoms with Gasteiger partial charge in [-0.2, -0.15) is 0 Å². The van der Waals surface area contributed by atoms with Crippen molar-refractivity contribution in [1.29, 1.82) is 0 Å². The summed E-state index contributed by atoms with van der Waals surface area (Å²) in [6, 6.07) is 13.5. The molecule has 0 saturated heterocycles. The van der Waals surface area contributed by atoms with Crippen LogP contribution in [0, 0.1) is 5.92 Å². The Morgan fingerprint density at radius 1 is 1.00 bits per heavy atom. The highest BCUT2D eigenvalue weighted by atomic mass is 35.5. The van der Waals surface area contributed by atoms with Crippen molar-refractivity contribution in [3.8, 4) is 0 Å². The van der Waals surface area contributed by atoms with E-state index in [1.165, 1.54) is 5.56 Å². The molecule has 0 bridgehead atoms. The molecule has 5 nitrogen and oxygen atoms in total. The van der Waals surface area contributed by atoms with Gasteiger partial charge in [0.1, 0.15) is 0 Å². The second kappa shape index (κ2) is 11.6. The number of fused-ring (bicyclic) bond motifs is 1. The SMILES string of the molecule is CC(CNC(=O)c1c(CCCCCCc2cccc(Cl)c2)n(C)c2ccc(Cl)cc12)C(=O)O. The smallest absolute Gasteiger partial charge is 0.308 e. The number of carboxylic acid groups (broad SMARTS) is 1. The Labute approximate surface area is 204 Å². The highest BCUT2D eigenvalue weighted by Gasteiger charge is 2.22. The molecule has 0 fully saturated rings. The molecule has 33 heavy (non-hydrogen) atoms. The van der Waals surface area contributed by atoms with E-state index < -0.39 is 11.9 Å². The Hall–Kier alpha value is -2.50. The molecule has 0 radical (unpaired) electrons. The zero-order chi connectivity index (χ0) is 24.0. The van der Waals surface area contributed by atoms with Gasteiger partial charge in [-0.3, -0.25) is 9.59 Å². The van der Waals surface area contributed by atoms with Crippen molar-refractivity contribution >= 4 is 46.0 Å². The van der Waals surface area contributed by atoms with Crippen molar-refractivity contribution in [1.82, 2.24) is 9.88 Å². The van der Waals surface area contributed by atoms with E-state index in [1.54, 1.807) is 13.0 Å². The number of carbonyl (C=O) groups excluding carboxylic acids is 1. The molecule has 1 atom stereocenters. The minimum atomic E-state index is -0.936. The van der Waals surface area contributed by atoms with Gasteiger partial charge >= 0.3 is 5.97 Å². The van der Waals surface area contributed by atoms with Crippen LogP contribution in [0.15, 0.2) is 42.5 Å². The number of aryl methyl sites for hydroxylation is 2. The van der Waals surface area contributed by atoms with Crippen LogP contribution in [0.25, 0.3) is 10.9 Å². The third-order valence-corrected chi connectivity index (χ3v) is 6.49. The number of halogens is 2. The van der Waals surface area contributed by atoms with E-state index in [0.717, 1.165) is 60.1 Å². The van der Waals surface area contributed by atoms with E-state index in [-0.39, 0.29) is 12.5 Å². The molecule has 1 unspecified atom stereocenters. The number of unbranched alkanes of at least 4 members (excludes halogenated alkanes) is 3. The molecule has 0 aliphatic carbocycles. The Morgan fingerprint density at radius 3 is 2.39 bits per heavy atom. The van der Waals surface area contributed by atoms with Crippen LogP contribution in [-0.4, -0.2) is 28.1 Å². The molecule has 176 valence electrons. The molecule has 0 saturated carbocycles. The van der Waals surface area contributed by atoms with Gasteiger partial charge in [0.15, 0.2) is 0 Å². The minimum Gasteiger partial charge on any atom is -0.481 e. The van der Waals surface area contributed by atoms with Crippen molar-refractivity contribution in [3.05, 3.63) is 69.3 Å². The zero-order valence-electron chi connectivity index (χ0n) is 19.0. The average Bonchev–Trinajstić information content (AvgIpc) is 3.05. The molecule has 1 amide bonds. The minimum absolute atomic E-state index is 0.0774. The predicted octanol–water partition coefficient (Wildman–Crippen LogP) is 6.28. The standard InChI is InChI=1S/C26H30Cl2N2O3/c1-17(26(32)33)16-29-25(31)24-21-15-20(28)12-13-22(21)30(2)23(24)11-6-4-3-5-8-18-9-7-10-19(27)14-18/h7,9-10,12-15,17H,3-6,8,11,16H2,1-2H3,(H,29,31)(H,32,33). The molecule has 2 aromatic carbocycles. The third-order valence-electron chi connectivity index (χ3n) is 6.02. The lowest BCUT2D eigenvalue weighted by Crippen LogP contribution is -2.32. The van der Waals surface area contributed by atoms with Crippen molar-refractivity contribution in [2.24, 2.45) is 13.0 Å². The molecule has 1 aromatic heterocycles. The Balaban J connectivity index is 1.66. The number of hydrogen-bond donors (Lipinski definition) is 2. The van der Waals surface area contributed by atoms with Gasteiger partial charge in [-0.1, -0.05) is 55.1 Å². The van der Waals surface area contributed by atoms with E-state index in [2.05, 4.69) is 11.4 Å². The number of aliphatic carboxylic acids is 1. The Morgan fingerprint density at radius 2 is 1.70 bits per heavy atom. The van der Waals surface area contributed by atoms with Gasteiger partial charge in [-0.25, -0.2) is 0 Å². The first-order chi connectivity index (χ1) is 15.8. The lowest BCUT2D eigenvalue weighted by atomic mass is 10.0. The summed E-state index contributed by atoms with van der Waals surface area (Å²) >= 11 is 12.3. The quantitative estimate of drug-likeness (QED) is 0.312. The van der Waals surface area contributed by atoms with Gasteiger partial charge < -0.3 is 15.0 Å². The van der Waals surface area contributed by atoms with Crippen LogP contribution in [0.2, 0.25) is 10.0 Å². The average molecular weight is 489 g/mol. The van der Waals surface area contributed by atoms with E-state index in [1.807, 2.05) is 41.9 Å². The second-order valence-corrected chi connectivity index (χ2v) is 9.41.